The van der Waals surface area contributed by atoms with Crippen molar-refractivity contribution in [1.29, 1.82) is 5.41 Å². The smallest absolute Gasteiger partial charge is 0.238 e. The summed E-state index contributed by atoms with van der Waals surface area (Å²) in [6, 6.07) is 21.2. The van der Waals surface area contributed by atoms with Crippen LogP contribution in [-0.4, -0.2) is 20.8 Å². The molecule has 0 aliphatic carbocycles. The van der Waals surface area contributed by atoms with E-state index in [1.165, 1.54) is 6.07 Å². The molecule has 0 saturated carbocycles. The average molecular weight is 441 g/mol. The van der Waals surface area contributed by atoms with Crippen molar-refractivity contribution in [1.82, 2.24) is 0 Å². The second kappa shape index (κ2) is 9.94. The van der Waals surface area contributed by atoms with Gasteiger partial charge in [0.2, 0.25) is 10.0 Å². The van der Waals surface area contributed by atoms with Gasteiger partial charge in [0.05, 0.1) is 11.4 Å². The monoisotopic (exact) mass is 440 g/mol. The number of anilines is 1. The molecule has 0 spiro atoms. The fraction of sp³-hybridized carbons (Fsp3) is 0.0455. The first-order valence-corrected chi connectivity index (χ1v) is 10.3. The lowest BCUT2D eigenvalue weighted by Gasteiger charge is -2.07. The molecule has 0 heterocycles. The molecule has 0 aromatic heterocycles. The summed E-state index contributed by atoms with van der Waals surface area (Å²) in [6.45, 7) is 0.428. The summed E-state index contributed by atoms with van der Waals surface area (Å²) < 4.78 is 23.5. The van der Waals surface area contributed by atoms with Gasteiger partial charge in [-0.15, -0.1) is 12.4 Å². The summed E-state index contributed by atoms with van der Waals surface area (Å²) in [5, 5.41) is 15.9. The zero-order valence-corrected chi connectivity index (χ0v) is 17.6. The van der Waals surface area contributed by atoms with Crippen molar-refractivity contribution < 1.29 is 8.42 Å². The lowest BCUT2D eigenvalue weighted by Crippen LogP contribution is -2.13. The first-order valence-electron chi connectivity index (χ1n) is 8.74. The fourth-order valence-electron chi connectivity index (χ4n) is 2.78. The second-order valence-electron chi connectivity index (χ2n) is 6.27. The molecule has 6 N–H and O–H groups in total. The largest absolute Gasteiger partial charge is 0.384 e. The number of hydrogen-bond donors (Lipinski definition) is 4. The predicted molar refractivity (Wildman–Crippen MR) is 123 cm³/mol. The van der Waals surface area contributed by atoms with Gasteiger partial charge in [0.15, 0.2) is 0 Å². The average Bonchev–Trinajstić information content (AvgIpc) is 2.71. The number of rotatable bonds is 5. The quantitative estimate of drug-likeness (QED) is 0.276. The minimum Gasteiger partial charge on any atom is -0.384 e. The zero-order valence-electron chi connectivity index (χ0n) is 15.9. The van der Waals surface area contributed by atoms with Gasteiger partial charge < -0.3 is 11.1 Å². The van der Waals surface area contributed by atoms with Gasteiger partial charge in [-0.1, -0.05) is 54.3 Å². The Balaban J connectivity index is 0.00000320. The van der Waals surface area contributed by atoms with Gasteiger partial charge in [-0.3, -0.25) is 5.41 Å². The molecule has 3 aromatic carbocycles. The Morgan fingerprint density at radius 1 is 1.00 bits per heavy atom. The van der Waals surface area contributed by atoms with Gasteiger partial charge in [-0.2, -0.15) is 0 Å². The standard InChI is InChI=1S/C22H20N4O2S.ClH/c23-22(24)18-6-3-7-19(15-18)26-14-4-5-16-10-12-17(13-11-16)20-8-1-2-9-21(20)29(25,27)28;/h1-3,6-13,15,26H,14H2,(H3,23,24)(H2,25,27,28);1H. The molecule has 0 fully saturated rings. The molecule has 8 heteroatoms. The van der Waals surface area contributed by atoms with Crippen LogP contribution in [-0.2, 0) is 10.0 Å². The van der Waals surface area contributed by atoms with Crippen LogP contribution < -0.4 is 16.2 Å². The number of sulfonamides is 1. The van der Waals surface area contributed by atoms with E-state index in [2.05, 4.69) is 17.2 Å². The third-order valence-electron chi connectivity index (χ3n) is 4.18. The van der Waals surface area contributed by atoms with Crippen molar-refractivity contribution in [2.24, 2.45) is 10.9 Å². The fourth-order valence-corrected chi connectivity index (χ4v) is 3.54. The van der Waals surface area contributed by atoms with E-state index >= 15 is 0 Å². The molecule has 0 radical (unpaired) electrons. The molecule has 0 unspecified atom stereocenters. The van der Waals surface area contributed by atoms with E-state index in [4.69, 9.17) is 16.3 Å². The summed E-state index contributed by atoms with van der Waals surface area (Å²) in [6.07, 6.45) is 0. The van der Waals surface area contributed by atoms with Gasteiger partial charge in [0.25, 0.3) is 0 Å². The number of nitrogens with one attached hydrogen (secondary N) is 2. The molecular weight excluding hydrogens is 420 g/mol. The number of primary sulfonamides is 1. The molecule has 6 nitrogen and oxygen atoms in total. The number of nitrogen functional groups attached to an aromatic ring is 1. The summed E-state index contributed by atoms with van der Waals surface area (Å²) in [7, 11) is -3.80. The van der Waals surface area contributed by atoms with Crippen LogP contribution in [0.25, 0.3) is 11.1 Å². The van der Waals surface area contributed by atoms with Gasteiger partial charge in [-0.25, -0.2) is 13.6 Å². The van der Waals surface area contributed by atoms with E-state index in [1.807, 2.05) is 36.4 Å². The number of nitrogens with two attached hydrogens (primary N) is 2. The van der Waals surface area contributed by atoms with Crippen LogP contribution in [0.4, 0.5) is 5.69 Å². The van der Waals surface area contributed by atoms with Crippen molar-refractivity contribution >= 4 is 34.0 Å². The number of benzene rings is 3. The SMILES string of the molecule is Cl.N=C(N)c1cccc(NCC#Cc2ccc(-c3ccccc3S(N)(=O)=O)cc2)c1. The number of amidine groups is 1. The van der Waals surface area contributed by atoms with E-state index in [1.54, 1.807) is 30.3 Å². The normalized spacial score (nSPS) is 10.3. The first-order chi connectivity index (χ1) is 13.8. The Morgan fingerprint density at radius 3 is 2.37 bits per heavy atom. The topological polar surface area (TPSA) is 122 Å². The Kier molecular flexibility index (Phi) is 7.61. The van der Waals surface area contributed by atoms with Gasteiger partial charge in [0, 0.05) is 22.4 Å². The zero-order chi connectivity index (χ0) is 20.9. The third kappa shape index (κ3) is 5.84. The molecule has 3 aromatic rings. The number of hydrogen-bond acceptors (Lipinski definition) is 4. The molecule has 0 aliphatic heterocycles. The Morgan fingerprint density at radius 2 is 1.70 bits per heavy atom. The molecule has 0 amide bonds. The highest BCUT2D eigenvalue weighted by atomic mass is 35.5. The van der Waals surface area contributed by atoms with Gasteiger partial charge >= 0.3 is 0 Å². The molecule has 154 valence electrons. The molecular formula is C22H21ClN4O2S. The van der Waals surface area contributed by atoms with Crippen LogP contribution in [0.5, 0.6) is 0 Å². The van der Waals surface area contributed by atoms with Crippen molar-refractivity contribution in [3.05, 3.63) is 83.9 Å². The van der Waals surface area contributed by atoms with Crippen LogP contribution in [0.2, 0.25) is 0 Å². The predicted octanol–water partition coefficient (Wildman–Crippen LogP) is 3.17. The van der Waals surface area contributed by atoms with Gasteiger partial charge in [-0.05, 0) is 35.9 Å². The highest BCUT2D eigenvalue weighted by Crippen LogP contribution is 2.26. The molecule has 3 rings (SSSR count). The van der Waals surface area contributed by atoms with Crippen LogP contribution in [0, 0.1) is 17.3 Å². The lowest BCUT2D eigenvalue weighted by atomic mass is 10.0. The summed E-state index contributed by atoms with van der Waals surface area (Å²) in [5.74, 6) is 6.10. The minimum atomic E-state index is -3.80. The molecule has 0 aliphatic rings. The maximum atomic E-state index is 11.8. The Hall–Kier alpha value is -3.31. The highest BCUT2D eigenvalue weighted by molar-refractivity contribution is 7.89. The van der Waals surface area contributed by atoms with Crippen LogP contribution >= 0.6 is 12.4 Å². The van der Waals surface area contributed by atoms with Crippen molar-refractivity contribution in [2.75, 3.05) is 11.9 Å². The van der Waals surface area contributed by atoms with Gasteiger partial charge in [0.1, 0.15) is 5.84 Å². The molecule has 30 heavy (non-hydrogen) atoms. The minimum absolute atomic E-state index is 0. The number of halogens is 1. The van der Waals surface area contributed by atoms with E-state index in [0.717, 1.165) is 16.8 Å². The maximum absolute atomic E-state index is 11.8. The second-order valence-corrected chi connectivity index (χ2v) is 7.80. The van der Waals surface area contributed by atoms with Crippen molar-refractivity contribution in [2.45, 2.75) is 4.90 Å². The highest BCUT2D eigenvalue weighted by Gasteiger charge is 2.14. The lowest BCUT2D eigenvalue weighted by molar-refractivity contribution is 0.598. The third-order valence-corrected chi connectivity index (χ3v) is 5.15. The van der Waals surface area contributed by atoms with Crippen LogP contribution in [0.15, 0.2) is 77.7 Å². The maximum Gasteiger partial charge on any atom is 0.238 e. The summed E-state index contributed by atoms with van der Waals surface area (Å²) in [4.78, 5) is 0.0934. The molecule has 0 saturated heterocycles. The van der Waals surface area contributed by atoms with E-state index in [0.29, 0.717) is 17.7 Å². The Labute approximate surface area is 182 Å². The van der Waals surface area contributed by atoms with Crippen LogP contribution in [0.3, 0.4) is 0 Å². The van der Waals surface area contributed by atoms with Crippen molar-refractivity contribution in [3.8, 4) is 23.0 Å². The first kappa shape index (κ1) is 23.0. The summed E-state index contributed by atoms with van der Waals surface area (Å²) in [5.41, 5.74) is 9.09. The molecule has 0 bridgehead atoms. The van der Waals surface area contributed by atoms with Crippen molar-refractivity contribution in [3.63, 3.8) is 0 Å². The van der Waals surface area contributed by atoms with E-state index in [-0.39, 0.29) is 23.1 Å². The summed E-state index contributed by atoms with van der Waals surface area (Å²) >= 11 is 0. The molecule has 0 atom stereocenters. The van der Waals surface area contributed by atoms with E-state index < -0.39 is 10.0 Å². The Bertz CT molecular complexity index is 1210. The van der Waals surface area contributed by atoms with E-state index in [9.17, 15) is 8.42 Å². The van der Waals surface area contributed by atoms with Crippen LogP contribution in [0.1, 0.15) is 11.1 Å².